The van der Waals surface area contributed by atoms with Crippen molar-refractivity contribution in [2.24, 2.45) is 0 Å². The quantitative estimate of drug-likeness (QED) is 0.860. The van der Waals surface area contributed by atoms with Crippen molar-refractivity contribution in [1.29, 1.82) is 0 Å². The molecule has 2 atom stereocenters. The van der Waals surface area contributed by atoms with E-state index < -0.39 is 11.6 Å². The zero-order valence-electron chi connectivity index (χ0n) is 11.2. The summed E-state index contributed by atoms with van der Waals surface area (Å²) in [5.74, 6) is -1.18. The van der Waals surface area contributed by atoms with Gasteiger partial charge in [0.15, 0.2) is 0 Å². The van der Waals surface area contributed by atoms with E-state index in [9.17, 15) is 8.78 Å². The Labute approximate surface area is 121 Å². The third kappa shape index (κ3) is 2.97. The van der Waals surface area contributed by atoms with E-state index >= 15 is 0 Å². The molecule has 0 bridgehead atoms. The highest BCUT2D eigenvalue weighted by Gasteiger charge is 2.23. The summed E-state index contributed by atoms with van der Waals surface area (Å²) >= 11 is 5.59. The van der Waals surface area contributed by atoms with Crippen LogP contribution >= 0.6 is 11.6 Å². The highest BCUT2D eigenvalue weighted by molar-refractivity contribution is 6.30. The number of nitrogens with one attached hydrogen (secondary N) is 1. The SMILES string of the molecule is CNC(c1cc(F)c(Cl)cc1F)C(C)c1ccncc1. The van der Waals surface area contributed by atoms with Crippen LogP contribution in [0.25, 0.3) is 0 Å². The summed E-state index contributed by atoms with van der Waals surface area (Å²) in [6.07, 6.45) is 3.36. The van der Waals surface area contributed by atoms with Crippen LogP contribution in [0.2, 0.25) is 5.02 Å². The van der Waals surface area contributed by atoms with Gasteiger partial charge in [-0.15, -0.1) is 0 Å². The van der Waals surface area contributed by atoms with E-state index in [-0.39, 0.29) is 22.5 Å². The number of hydrogen-bond donors (Lipinski definition) is 1. The van der Waals surface area contributed by atoms with Gasteiger partial charge in [0.2, 0.25) is 0 Å². The van der Waals surface area contributed by atoms with E-state index in [0.29, 0.717) is 0 Å². The van der Waals surface area contributed by atoms with Crippen molar-refractivity contribution in [2.45, 2.75) is 18.9 Å². The zero-order valence-corrected chi connectivity index (χ0v) is 12.0. The number of rotatable bonds is 4. The monoisotopic (exact) mass is 296 g/mol. The molecule has 0 spiro atoms. The van der Waals surface area contributed by atoms with Gasteiger partial charge in [-0.3, -0.25) is 4.98 Å². The molecule has 0 saturated heterocycles. The van der Waals surface area contributed by atoms with E-state index in [1.54, 1.807) is 19.4 Å². The molecule has 0 aliphatic rings. The van der Waals surface area contributed by atoms with Gasteiger partial charge in [-0.05, 0) is 36.9 Å². The molecule has 0 saturated carbocycles. The summed E-state index contributed by atoms with van der Waals surface area (Å²) in [7, 11) is 1.72. The molecule has 1 heterocycles. The van der Waals surface area contributed by atoms with Gasteiger partial charge in [0.05, 0.1) is 5.02 Å². The van der Waals surface area contributed by atoms with Crippen LogP contribution in [-0.4, -0.2) is 12.0 Å². The van der Waals surface area contributed by atoms with E-state index in [0.717, 1.165) is 17.7 Å². The van der Waals surface area contributed by atoms with Crippen molar-refractivity contribution in [1.82, 2.24) is 10.3 Å². The molecule has 1 aromatic heterocycles. The Hall–Kier alpha value is -1.52. The number of benzene rings is 1. The van der Waals surface area contributed by atoms with Gasteiger partial charge in [-0.25, -0.2) is 8.78 Å². The minimum Gasteiger partial charge on any atom is -0.312 e. The first-order valence-corrected chi connectivity index (χ1v) is 6.64. The van der Waals surface area contributed by atoms with Crippen LogP contribution in [-0.2, 0) is 0 Å². The van der Waals surface area contributed by atoms with Gasteiger partial charge in [-0.1, -0.05) is 18.5 Å². The average molecular weight is 297 g/mol. The minimum absolute atomic E-state index is 0.0434. The summed E-state index contributed by atoms with van der Waals surface area (Å²) in [6, 6.07) is 5.52. The molecule has 0 fully saturated rings. The molecule has 0 aliphatic heterocycles. The largest absolute Gasteiger partial charge is 0.312 e. The third-order valence-corrected chi connectivity index (χ3v) is 3.71. The normalized spacial score (nSPS) is 14.1. The smallest absolute Gasteiger partial charge is 0.142 e. The first-order chi connectivity index (χ1) is 9.54. The van der Waals surface area contributed by atoms with Crippen LogP contribution in [0, 0.1) is 11.6 Å². The first-order valence-electron chi connectivity index (χ1n) is 6.26. The lowest BCUT2D eigenvalue weighted by atomic mass is 9.89. The Morgan fingerprint density at radius 2 is 1.80 bits per heavy atom. The van der Waals surface area contributed by atoms with Crippen molar-refractivity contribution in [2.75, 3.05) is 7.05 Å². The van der Waals surface area contributed by atoms with E-state index in [4.69, 9.17) is 11.6 Å². The Morgan fingerprint density at radius 1 is 1.15 bits per heavy atom. The summed E-state index contributed by atoms with van der Waals surface area (Å²) < 4.78 is 27.6. The van der Waals surface area contributed by atoms with Gasteiger partial charge in [-0.2, -0.15) is 0 Å². The fourth-order valence-corrected chi connectivity index (χ4v) is 2.46. The van der Waals surface area contributed by atoms with Crippen LogP contribution in [0.5, 0.6) is 0 Å². The highest BCUT2D eigenvalue weighted by Crippen LogP contribution is 2.33. The maximum absolute atomic E-state index is 14.0. The molecule has 0 aliphatic carbocycles. The lowest BCUT2D eigenvalue weighted by Gasteiger charge is -2.25. The second-order valence-electron chi connectivity index (χ2n) is 4.62. The van der Waals surface area contributed by atoms with Crippen LogP contribution < -0.4 is 5.32 Å². The molecule has 2 aromatic rings. The maximum Gasteiger partial charge on any atom is 0.142 e. The predicted octanol–water partition coefficient (Wildman–Crippen LogP) is 4.08. The first kappa shape index (κ1) is 14.9. The minimum atomic E-state index is -0.620. The fourth-order valence-electron chi connectivity index (χ4n) is 2.31. The molecule has 0 amide bonds. The van der Waals surface area contributed by atoms with Crippen molar-refractivity contribution >= 4 is 11.6 Å². The molecule has 106 valence electrons. The lowest BCUT2D eigenvalue weighted by molar-refractivity contribution is 0.472. The van der Waals surface area contributed by atoms with Crippen LogP contribution in [0.15, 0.2) is 36.7 Å². The van der Waals surface area contributed by atoms with Crippen molar-refractivity contribution in [3.63, 3.8) is 0 Å². The number of aromatic nitrogens is 1. The van der Waals surface area contributed by atoms with Crippen molar-refractivity contribution < 1.29 is 8.78 Å². The van der Waals surface area contributed by atoms with E-state index in [1.165, 1.54) is 0 Å². The van der Waals surface area contributed by atoms with Gasteiger partial charge >= 0.3 is 0 Å². The van der Waals surface area contributed by atoms with Gasteiger partial charge in [0.1, 0.15) is 11.6 Å². The summed E-state index contributed by atoms with van der Waals surface area (Å²) in [5, 5.41) is 2.82. The lowest BCUT2D eigenvalue weighted by Crippen LogP contribution is -2.23. The number of pyridine rings is 1. The molecular weight excluding hydrogens is 282 g/mol. The molecule has 1 aromatic carbocycles. The van der Waals surface area contributed by atoms with Crippen molar-refractivity contribution in [3.8, 4) is 0 Å². The van der Waals surface area contributed by atoms with Gasteiger partial charge < -0.3 is 5.32 Å². The van der Waals surface area contributed by atoms with Crippen molar-refractivity contribution in [3.05, 3.63) is 64.4 Å². The fraction of sp³-hybridized carbons (Fsp3) is 0.267. The average Bonchev–Trinajstić information content (AvgIpc) is 2.46. The molecule has 2 rings (SSSR count). The standard InChI is InChI=1S/C15H15ClF2N2/c1-9(10-3-5-20-6-4-10)15(19-2)11-7-14(18)12(16)8-13(11)17/h3-9,15,19H,1-2H3. The molecule has 2 unspecified atom stereocenters. The van der Waals surface area contributed by atoms with Gasteiger partial charge in [0.25, 0.3) is 0 Å². The molecule has 2 nitrogen and oxygen atoms in total. The second kappa shape index (κ2) is 6.29. The second-order valence-corrected chi connectivity index (χ2v) is 5.03. The van der Waals surface area contributed by atoms with E-state index in [1.807, 2.05) is 19.1 Å². The van der Waals surface area contributed by atoms with Crippen LogP contribution in [0.4, 0.5) is 8.78 Å². The number of hydrogen-bond acceptors (Lipinski definition) is 2. The van der Waals surface area contributed by atoms with Crippen LogP contribution in [0.3, 0.4) is 0 Å². The number of halogens is 3. The summed E-state index contributed by atoms with van der Waals surface area (Å²) in [4.78, 5) is 3.96. The summed E-state index contributed by atoms with van der Waals surface area (Å²) in [6.45, 7) is 1.95. The third-order valence-electron chi connectivity index (χ3n) is 3.42. The summed E-state index contributed by atoms with van der Waals surface area (Å²) in [5.41, 5.74) is 1.26. The number of likely N-dealkylation sites (N-methyl/N-ethyl adjacent to an activating group) is 1. The molecule has 0 radical (unpaired) electrons. The van der Waals surface area contributed by atoms with Crippen LogP contribution in [0.1, 0.15) is 30.0 Å². The van der Waals surface area contributed by atoms with E-state index in [2.05, 4.69) is 10.3 Å². The van der Waals surface area contributed by atoms with Gasteiger partial charge in [0, 0.05) is 29.9 Å². The molecule has 5 heteroatoms. The predicted molar refractivity (Wildman–Crippen MR) is 75.8 cm³/mol. The topological polar surface area (TPSA) is 24.9 Å². The number of nitrogens with zero attached hydrogens (tertiary/aromatic N) is 1. The maximum atomic E-state index is 14.0. The molecule has 20 heavy (non-hydrogen) atoms. The Morgan fingerprint density at radius 3 is 2.40 bits per heavy atom. The zero-order chi connectivity index (χ0) is 14.7. The Kier molecular flexibility index (Phi) is 4.68. The Balaban J connectivity index is 2.40. The molecule has 1 N–H and O–H groups in total. The highest BCUT2D eigenvalue weighted by atomic mass is 35.5. The Bertz CT molecular complexity index is 590. The molecular formula is C15H15ClF2N2.